The van der Waals surface area contributed by atoms with Crippen LogP contribution in [0.1, 0.15) is 12.0 Å². The number of nitrogens with zero attached hydrogens (tertiary/aromatic N) is 1. The molecular formula is C15H20N2O3. The van der Waals surface area contributed by atoms with E-state index in [0.717, 1.165) is 37.4 Å². The number of rotatable bonds is 2. The largest absolute Gasteiger partial charge is 0.495 e. The van der Waals surface area contributed by atoms with Crippen molar-refractivity contribution >= 4 is 11.6 Å². The van der Waals surface area contributed by atoms with E-state index in [0.29, 0.717) is 13.2 Å². The summed E-state index contributed by atoms with van der Waals surface area (Å²) in [4.78, 5) is 14.6. The van der Waals surface area contributed by atoms with Gasteiger partial charge < -0.3 is 19.7 Å². The summed E-state index contributed by atoms with van der Waals surface area (Å²) in [7, 11) is 1.65. The Morgan fingerprint density at radius 3 is 3.15 bits per heavy atom. The highest BCUT2D eigenvalue weighted by Gasteiger charge is 2.31. The van der Waals surface area contributed by atoms with Gasteiger partial charge in [0.05, 0.1) is 26.0 Å². The number of carbonyl (C=O) groups is 1. The summed E-state index contributed by atoms with van der Waals surface area (Å²) in [6, 6.07) is 5.71. The van der Waals surface area contributed by atoms with Crippen LogP contribution in [0.4, 0.5) is 5.69 Å². The monoisotopic (exact) mass is 276 g/mol. The highest BCUT2D eigenvalue weighted by Crippen LogP contribution is 2.36. The van der Waals surface area contributed by atoms with Crippen LogP contribution >= 0.6 is 0 Å². The molecule has 20 heavy (non-hydrogen) atoms. The number of hydrogen-bond donors (Lipinski definition) is 1. The van der Waals surface area contributed by atoms with E-state index >= 15 is 0 Å². The highest BCUT2D eigenvalue weighted by molar-refractivity contribution is 5.99. The zero-order chi connectivity index (χ0) is 13.9. The molecule has 0 aliphatic carbocycles. The molecule has 1 N–H and O–H groups in total. The van der Waals surface area contributed by atoms with Gasteiger partial charge in [0, 0.05) is 13.1 Å². The number of nitrogens with one attached hydrogen (secondary N) is 1. The summed E-state index contributed by atoms with van der Waals surface area (Å²) in [6.45, 7) is 2.58. The fraction of sp³-hybridized carbons (Fsp3) is 0.533. The van der Waals surface area contributed by atoms with E-state index in [4.69, 9.17) is 9.47 Å². The van der Waals surface area contributed by atoms with Crippen LogP contribution in [0.3, 0.4) is 0 Å². The molecule has 0 aromatic heterocycles. The fourth-order valence-corrected chi connectivity index (χ4v) is 2.91. The lowest BCUT2D eigenvalue weighted by atomic mass is 10.00. The van der Waals surface area contributed by atoms with Crippen molar-refractivity contribution in [2.45, 2.75) is 18.9 Å². The predicted octanol–water partition coefficient (Wildman–Crippen LogP) is 0.963. The van der Waals surface area contributed by atoms with Crippen LogP contribution in [-0.4, -0.2) is 45.4 Å². The first-order valence-electron chi connectivity index (χ1n) is 7.09. The van der Waals surface area contributed by atoms with Crippen molar-refractivity contribution in [2.24, 2.45) is 0 Å². The van der Waals surface area contributed by atoms with Gasteiger partial charge in [0.2, 0.25) is 5.91 Å². The third kappa shape index (κ3) is 2.39. The first kappa shape index (κ1) is 13.4. The van der Waals surface area contributed by atoms with Gasteiger partial charge >= 0.3 is 0 Å². The maximum atomic E-state index is 12.7. The van der Waals surface area contributed by atoms with Crippen molar-refractivity contribution in [3.8, 4) is 5.75 Å². The number of anilines is 1. The van der Waals surface area contributed by atoms with Crippen LogP contribution in [0.25, 0.3) is 0 Å². The Hall–Kier alpha value is -1.59. The summed E-state index contributed by atoms with van der Waals surface area (Å²) >= 11 is 0. The zero-order valence-corrected chi connectivity index (χ0v) is 11.7. The molecular weight excluding hydrogens is 256 g/mol. The minimum atomic E-state index is -0.250. The number of carbonyl (C=O) groups excluding carboxylic acids is 1. The number of aryl methyl sites for hydroxylation is 1. The number of benzene rings is 1. The van der Waals surface area contributed by atoms with Crippen molar-refractivity contribution in [3.63, 3.8) is 0 Å². The van der Waals surface area contributed by atoms with E-state index in [9.17, 15) is 4.79 Å². The van der Waals surface area contributed by atoms with Crippen molar-refractivity contribution in [2.75, 3.05) is 38.3 Å². The van der Waals surface area contributed by atoms with Crippen LogP contribution in [0.2, 0.25) is 0 Å². The van der Waals surface area contributed by atoms with Crippen LogP contribution in [0.5, 0.6) is 5.75 Å². The van der Waals surface area contributed by atoms with Gasteiger partial charge in [0.25, 0.3) is 0 Å². The summed E-state index contributed by atoms with van der Waals surface area (Å²) in [5, 5.41) is 3.23. The van der Waals surface area contributed by atoms with E-state index in [1.54, 1.807) is 7.11 Å². The Bertz CT molecular complexity index is 484. The lowest BCUT2D eigenvalue weighted by molar-refractivity contribution is -0.123. The van der Waals surface area contributed by atoms with Gasteiger partial charge in [-0.25, -0.2) is 0 Å². The first-order valence-corrected chi connectivity index (χ1v) is 7.09. The minimum Gasteiger partial charge on any atom is -0.495 e. The minimum absolute atomic E-state index is 0.0788. The Balaban J connectivity index is 1.90. The smallest absolute Gasteiger partial charge is 0.246 e. The molecule has 1 saturated heterocycles. The third-order valence-corrected chi connectivity index (χ3v) is 3.89. The number of fused-ring (bicyclic) bond motifs is 1. The van der Waals surface area contributed by atoms with Crippen molar-refractivity contribution in [1.29, 1.82) is 0 Å². The molecule has 1 unspecified atom stereocenters. The van der Waals surface area contributed by atoms with Crippen LogP contribution in [0.15, 0.2) is 18.2 Å². The predicted molar refractivity (Wildman–Crippen MR) is 76.3 cm³/mol. The summed E-state index contributed by atoms with van der Waals surface area (Å²) in [5.41, 5.74) is 2.11. The number of amides is 1. The van der Waals surface area contributed by atoms with Gasteiger partial charge in [-0.05, 0) is 24.5 Å². The van der Waals surface area contributed by atoms with Crippen LogP contribution < -0.4 is 15.0 Å². The molecule has 5 nitrogen and oxygen atoms in total. The first-order chi connectivity index (χ1) is 9.81. The van der Waals surface area contributed by atoms with Gasteiger partial charge in [-0.3, -0.25) is 4.79 Å². The van der Waals surface area contributed by atoms with E-state index in [1.807, 2.05) is 17.0 Å². The average Bonchev–Trinajstić information content (AvgIpc) is 2.53. The Morgan fingerprint density at radius 1 is 1.50 bits per heavy atom. The SMILES string of the molecule is COc1cccc2c1N(C(=O)C1COCCN1)CCC2. The number of para-hydroxylation sites is 1. The number of morpholine rings is 1. The molecule has 2 heterocycles. The second-order valence-corrected chi connectivity index (χ2v) is 5.14. The molecule has 0 saturated carbocycles. The molecule has 1 aromatic carbocycles. The van der Waals surface area contributed by atoms with Gasteiger partial charge in [0.1, 0.15) is 11.8 Å². The van der Waals surface area contributed by atoms with Crippen LogP contribution in [0, 0.1) is 0 Å². The Kier molecular flexibility index (Phi) is 3.89. The summed E-state index contributed by atoms with van der Waals surface area (Å²) < 4.78 is 10.8. The molecule has 108 valence electrons. The molecule has 0 radical (unpaired) electrons. The molecule has 0 spiro atoms. The number of ether oxygens (including phenoxy) is 2. The van der Waals surface area contributed by atoms with Crippen molar-refractivity contribution in [1.82, 2.24) is 5.32 Å². The molecule has 1 fully saturated rings. The Morgan fingerprint density at radius 2 is 2.40 bits per heavy atom. The molecule has 3 rings (SSSR count). The Labute approximate surface area is 118 Å². The zero-order valence-electron chi connectivity index (χ0n) is 11.7. The molecule has 1 atom stereocenters. The van der Waals surface area contributed by atoms with Crippen molar-refractivity contribution < 1.29 is 14.3 Å². The number of hydrogen-bond acceptors (Lipinski definition) is 4. The maximum Gasteiger partial charge on any atom is 0.246 e. The highest BCUT2D eigenvalue weighted by atomic mass is 16.5. The second kappa shape index (κ2) is 5.81. The third-order valence-electron chi connectivity index (χ3n) is 3.89. The lowest BCUT2D eigenvalue weighted by Gasteiger charge is -2.34. The van der Waals surface area contributed by atoms with Crippen molar-refractivity contribution in [3.05, 3.63) is 23.8 Å². The summed E-state index contributed by atoms with van der Waals surface area (Å²) in [5.74, 6) is 0.849. The average molecular weight is 276 g/mol. The van der Waals surface area contributed by atoms with Gasteiger partial charge in [-0.2, -0.15) is 0 Å². The molecule has 2 aliphatic heterocycles. The van der Waals surface area contributed by atoms with Gasteiger partial charge in [-0.1, -0.05) is 12.1 Å². The normalized spacial score (nSPS) is 22.2. The quantitative estimate of drug-likeness (QED) is 0.874. The van der Waals surface area contributed by atoms with Gasteiger partial charge in [-0.15, -0.1) is 0 Å². The van der Waals surface area contributed by atoms with E-state index in [2.05, 4.69) is 11.4 Å². The van der Waals surface area contributed by atoms with E-state index in [1.165, 1.54) is 5.56 Å². The van der Waals surface area contributed by atoms with Crippen LogP contribution in [-0.2, 0) is 16.0 Å². The lowest BCUT2D eigenvalue weighted by Crippen LogP contribution is -2.53. The summed E-state index contributed by atoms with van der Waals surface area (Å²) in [6.07, 6.45) is 1.98. The van der Waals surface area contributed by atoms with E-state index in [-0.39, 0.29) is 11.9 Å². The molecule has 2 aliphatic rings. The van der Waals surface area contributed by atoms with Gasteiger partial charge in [0.15, 0.2) is 0 Å². The molecule has 5 heteroatoms. The maximum absolute atomic E-state index is 12.7. The fourth-order valence-electron chi connectivity index (χ4n) is 2.91. The standard InChI is InChI=1S/C15H20N2O3/c1-19-13-6-2-4-11-5-3-8-17(14(11)13)15(18)12-10-20-9-7-16-12/h2,4,6,12,16H,3,5,7-10H2,1H3. The molecule has 1 aromatic rings. The second-order valence-electron chi connectivity index (χ2n) is 5.14. The number of methoxy groups -OCH3 is 1. The molecule has 1 amide bonds. The van der Waals surface area contributed by atoms with E-state index < -0.39 is 0 Å². The molecule has 0 bridgehead atoms. The topological polar surface area (TPSA) is 50.8 Å².